The molecule has 1 unspecified atom stereocenters. The molecule has 0 bridgehead atoms. The highest BCUT2D eigenvalue weighted by Gasteiger charge is 2.22. The summed E-state index contributed by atoms with van der Waals surface area (Å²) in [6.07, 6.45) is 3.06. The SMILES string of the molecule is Cc1cccc(-n2c(SCC(=O)NC3CCCc4ccccc43)nc3ccccc3c2=O)c1C. The van der Waals surface area contributed by atoms with Crippen molar-refractivity contribution >= 4 is 28.6 Å². The molecule has 1 aliphatic rings. The Morgan fingerprint density at radius 1 is 1.06 bits per heavy atom. The van der Waals surface area contributed by atoms with Gasteiger partial charge >= 0.3 is 0 Å². The Bertz CT molecular complexity index is 1440. The molecule has 34 heavy (non-hydrogen) atoms. The van der Waals surface area contributed by atoms with Crippen LogP contribution >= 0.6 is 11.8 Å². The molecule has 4 aromatic rings. The fourth-order valence-electron chi connectivity index (χ4n) is 4.67. The van der Waals surface area contributed by atoms with Crippen LogP contribution < -0.4 is 10.9 Å². The van der Waals surface area contributed by atoms with Crippen LogP contribution in [-0.2, 0) is 11.2 Å². The molecule has 3 aromatic carbocycles. The predicted octanol–water partition coefficient (Wildman–Crippen LogP) is 5.29. The number of aromatic nitrogens is 2. The van der Waals surface area contributed by atoms with E-state index in [0.29, 0.717) is 16.1 Å². The number of fused-ring (bicyclic) bond motifs is 2. The van der Waals surface area contributed by atoms with Gasteiger partial charge in [0.25, 0.3) is 5.56 Å². The van der Waals surface area contributed by atoms with E-state index in [9.17, 15) is 9.59 Å². The van der Waals surface area contributed by atoms with Gasteiger partial charge in [-0.25, -0.2) is 4.98 Å². The van der Waals surface area contributed by atoms with Gasteiger partial charge in [0.2, 0.25) is 5.91 Å². The van der Waals surface area contributed by atoms with E-state index in [4.69, 9.17) is 4.98 Å². The first kappa shape index (κ1) is 22.4. The molecule has 5 rings (SSSR count). The molecular formula is C28H27N3O2S. The Balaban J connectivity index is 1.45. The summed E-state index contributed by atoms with van der Waals surface area (Å²) in [5.41, 5.74) is 5.96. The third-order valence-corrected chi connectivity index (χ3v) is 7.54. The average Bonchev–Trinajstić information content (AvgIpc) is 2.85. The third-order valence-electron chi connectivity index (χ3n) is 6.60. The molecule has 0 saturated heterocycles. The first-order valence-corrected chi connectivity index (χ1v) is 12.6. The number of nitrogens with zero attached hydrogens (tertiary/aromatic N) is 2. The van der Waals surface area contributed by atoms with Crippen molar-refractivity contribution in [2.45, 2.75) is 44.3 Å². The minimum atomic E-state index is -0.122. The van der Waals surface area contributed by atoms with Crippen molar-refractivity contribution in [1.29, 1.82) is 0 Å². The van der Waals surface area contributed by atoms with Crippen LogP contribution in [0.5, 0.6) is 0 Å². The lowest BCUT2D eigenvalue weighted by atomic mass is 9.88. The number of amides is 1. The van der Waals surface area contributed by atoms with Crippen molar-refractivity contribution < 1.29 is 4.79 Å². The highest BCUT2D eigenvalue weighted by molar-refractivity contribution is 7.99. The Hall–Kier alpha value is -3.38. The minimum Gasteiger partial charge on any atom is -0.349 e. The van der Waals surface area contributed by atoms with Crippen LogP contribution in [0.1, 0.15) is 41.1 Å². The maximum Gasteiger partial charge on any atom is 0.266 e. The molecule has 0 spiro atoms. The second-order valence-electron chi connectivity index (χ2n) is 8.77. The minimum absolute atomic E-state index is 0.0313. The summed E-state index contributed by atoms with van der Waals surface area (Å²) in [4.78, 5) is 31.3. The standard InChI is InChI=1S/C28H27N3O2S/c1-18-9-7-16-25(19(18)2)31-27(33)22-13-5-6-14-24(22)30-28(31)34-17-26(32)29-23-15-8-11-20-10-3-4-12-21(20)23/h3-7,9-10,12-14,16,23H,8,11,15,17H2,1-2H3,(H,29,32). The lowest BCUT2D eigenvalue weighted by Crippen LogP contribution is -2.32. The molecule has 1 heterocycles. The van der Waals surface area contributed by atoms with Crippen molar-refractivity contribution in [3.05, 3.63) is 99.3 Å². The van der Waals surface area contributed by atoms with E-state index in [1.54, 1.807) is 10.6 Å². The van der Waals surface area contributed by atoms with Gasteiger partial charge in [0.05, 0.1) is 28.4 Å². The van der Waals surface area contributed by atoms with Gasteiger partial charge in [-0.15, -0.1) is 0 Å². The van der Waals surface area contributed by atoms with Crippen molar-refractivity contribution in [3.8, 4) is 5.69 Å². The lowest BCUT2D eigenvalue weighted by molar-refractivity contribution is -0.119. The molecule has 0 radical (unpaired) electrons. The number of nitrogens with one attached hydrogen (secondary N) is 1. The average molecular weight is 470 g/mol. The van der Waals surface area contributed by atoms with Crippen LogP contribution in [0.4, 0.5) is 0 Å². The van der Waals surface area contributed by atoms with Crippen LogP contribution in [0.15, 0.2) is 76.7 Å². The fourth-order valence-corrected chi connectivity index (χ4v) is 5.49. The van der Waals surface area contributed by atoms with E-state index in [-0.39, 0.29) is 23.3 Å². The van der Waals surface area contributed by atoms with Crippen LogP contribution in [0.2, 0.25) is 0 Å². The largest absolute Gasteiger partial charge is 0.349 e. The molecule has 0 fully saturated rings. The number of para-hydroxylation sites is 1. The molecule has 1 N–H and O–H groups in total. The third kappa shape index (κ3) is 4.26. The van der Waals surface area contributed by atoms with E-state index in [2.05, 4.69) is 23.5 Å². The molecule has 5 nitrogen and oxygen atoms in total. The monoisotopic (exact) mass is 469 g/mol. The molecule has 1 amide bonds. The van der Waals surface area contributed by atoms with E-state index in [1.165, 1.54) is 22.9 Å². The highest BCUT2D eigenvalue weighted by atomic mass is 32.2. The van der Waals surface area contributed by atoms with E-state index in [0.717, 1.165) is 36.1 Å². The van der Waals surface area contributed by atoms with Gasteiger partial charge in [-0.2, -0.15) is 0 Å². The van der Waals surface area contributed by atoms with Gasteiger partial charge in [0.15, 0.2) is 5.16 Å². The maximum atomic E-state index is 13.5. The van der Waals surface area contributed by atoms with Gasteiger partial charge < -0.3 is 5.32 Å². The van der Waals surface area contributed by atoms with Gasteiger partial charge in [-0.3, -0.25) is 14.2 Å². The van der Waals surface area contributed by atoms with E-state index < -0.39 is 0 Å². The summed E-state index contributed by atoms with van der Waals surface area (Å²) < 4.78 is 1.65. The first-order chi connectivity index (χ1) is 16.5. The zero-order chi connectivity index (χ0) is 23.7. The zero-order valence-electron chi connectivity index (χ0n) is 19.4. The topological polar surface area (TPSA) is 64.0 Å². The van der Waals surface area contributed by atoms with Gasteiger partial charge in [0, 0.05) is 0 Å². The van der Waals surface area contributed by atoms with E-state index >= 15 is 0 Å². The van der Waals surface area contributed by atoms with Crippen molar-refractivity contribution in [2.75, 3.05) is 5.75 Å². The van der Waals surface area contributed by atoms with Crippen molar-refractivity contribution in [1.82, 2.24) is 14.9 Å². The van der Waals surface area contributed by atoms with Gasteiger partial charge in [-0.05, 0) is 73.6 Å². The molecule has 0 aliphatic heterocycles. The normalized spacial score (nSPS) is 15.2. The fraction of sp³-hybridized carbons (Fsp3) is 0.250. The van der Waals surface area contributed by atoms with Crippen LogP contribution in [0, 0.1) is 13.8 Å². The Labute approximate surface area is 203 Å². The second-order valence-corrected chi connectivity index (χ2v) is 9.71. The smallest absolute Gasteiger partial charge is 0.266 e. The lowest BCUT2D eigenvalue weighted by Gasteiger charge is -2.26. The molecule has 172 valence electrons. The number of carbonyl (C=O) groups excluding carboxylic acids is 1. The van der Waals surface area contributed by atoms with Crippen LogP contribution in [-0.4, -0.2) is 21.2 Å². The number of rotatable bonds is 5. The molecule has 0 saturated carbocycles. The summed E-state index contributed by atoms with van der Waals surface area (Å²) in [5.74, 6) is 0.135. The molecule has 1 aliphatic carbocycles. The number of aryl methyl sites for hydroxylation is 2. The highest BCUT2D eigenvalue weighted by Crippen LogP contribution is 2.30. The summed E-state index contributed by atoms with van der Waals surface area (Å²) in [7, 11) is 0. The number of hydrogen-bond acceptors (Lipinski definition) is 4. The number of benzene rings is 3. The summed E-state index contributed by atoms with van der Waals surface area (Å²) in [5, 5.41) is 4.29. The quantitative estimate of drug-likeness (QED) is 0.319. The Morgan fingerprint density at radius 2 is 1.85 bits per heavy atom. The van der Waals surface area contributed by atoms with Crippen LogP contribution in [0.25, 0.3) is 16.6 Å². The number of hydrogen-bond donors (Lipinski definition) is 1. The van der Waals surface area contributed by atoms with Crippen molar-refractivity contribution in [3.63, 3.8) is 0 Å². The predicted molar refractivity (Wildman–Crippen MR) is 138 cm³/mol. The Morgan fingerprint density at radius 3 is 2.74 bits per heavy atom. The molecular weight excluding hydrogens is 442 g/mol. The second kappa shape index (κ2) is 9.47. The zero-order valence-corrected chi connectivity index (χ0v) is 20.2. The Kier molecular flexibility index (Phi) is 6.24. The summed E-state index contributed by atoms with van der Waals surface area (Å²) >= 11 is 1.30. The van der Waals surface area contributed by atoms with E-state index in [1.807, 2.05) is 56.3 Å². The maximum absolute atomic E-state index is 13.5. The first-order valence-electron chi connectivity index (χ1n) is 11.6. The summed E-state index contributed by atoms with van der Waals surface area (Å²) in [6, 6.07) is 21.6. The van der Waals surface area contributed by atoms with Gasteiger partial charge in [-0.1, -0.05) is 60.3 Å². The molecule has 6 heteroatoms. The van der Waals surface area contributed by atoms with Crippen molar-refractivity contribution in [2.24, 2.45) is 0 Å². The summed E-state index contributed by atoms with van der Waals surface area (Å²) in [6.45, 7) is 4.04. The number of thioether (sulfide) groups is 1. The number of carbonyl (C=O) groups is 1. The molecule has 1 aromatic heterocycles. The molecule has 1 atom stereocenters. The van der Waals surface area contributed by atoms with Gasteiger partial charge in [0.1, 0.15) is 0 Å². The van der Waals surface area contributed by atoms with Crippen LogP contribution in [0.3, 0.4) is 0 Å².